The molecule has 0 aliphatic rings. The Hall–Kier alpha value is -3.88. The number of esters is 1. The molecular weight excluding hydrogens is 462 g/mol. The van der Waals surface area contributed by atoms with Crippen molar-refractivity contribution in [3.63, 3.8) is 0 Å². The molecule has 0 fully saturated rings. The van der Waals surface area contributed by atoms with E-state index in [1.165, 1.54) is 5.56 Å². The number of rotatable bonds is 15. The van der Waals surface area contributed by atoms with E-state index in [4.69, 9.17) is 23.7 Å². The minimum Gasteiger partial charge on any atom is -0.493 e. The maximum atomic E-state index is 12.3. The largest absolute Gasteiger partial charge is 0.493 e. The van der Waals surface area contributed by atoms with Gasteiger partial charge in [0.15, 0.2) is 0 Å². The molecule has 0 radical (unpaired) electrons. The molecular formula is C28H31NO7. The van der Waals surface area contributed by atoms with E-state index in [0.29, 0.717) is 32.2 Å². The summed E-state index contributed by atoms with van der Waals surface area (Å²) >= 11 is 0. The predicted molar refractivity (Wildman–Crippen MR) is 136 cm³/mol. The molecule has 190 valence electrons. The van der Waals surface area contributed by atoms with Gasteiger partial charge in [0.2, 0.25) is 0 Å². The molecule has 0 saturated heterocycles. The van der Waals surface area contributed by atoms with Gasteiger partial charge in [-0.2, -0.15) is 0 Å². The molecule has 3 aromatic carbocycles. The van der Waals surface area contributed by atoms with Crippen LogP contribution in [0.1, 0.15) is 5.56 Å². The SMILES string of the molecule is C=CC(=O)OCCOCCOCCNC(=O)Oc1ccc(OCCc2ccccc2)c2ccccc12. The minimum atomic E-state index is -0.568. The zero-order valence-corrected chi connectivity index (χ0v) is 20.1. The van der Waals surface area contributed by atoms with Crippen molar-refractivity contribution >= 4 is 22.8 Å². The molecule has 0 aliphatic carbocycles. The Balaban J connectivity index is 1.37. The van der Waals surface area contributed by atoms with Crippen molar-refractivity contribution in [2.45, 2.75) is 6.42 Å². The topological polar surface area (TPSA) is 92.3 Å². The Morgan fingerprint density at radius 1 is 0.750 bits per heavy atom. The van der Waals surface area contributed by atoms with Gasteiger partial charge in [-0.25, -0.2) is 9.59 Å². The van der Waals surface area contributed by atoms with Crippen LogP contribution in [0.2, 0.25) is 0 Å². The lowest BCUT2D eigenvalue weighted by Gasteiger charge is -2.13. The van der Waals surface area contributed by atoms with Crippen LogP contribution >= 0.6 is 0 Å². The van der Waals surface area contributed by atoms with Gasteiger partial charge in [0.05, 0.1) is 33.0 Å². The fraction of sp³-hybridized carbons (Fsp3) is 0.286. The Labute approximate surface area is 210 Å². The van der Waals surface area contributed by atoms with Gasteiger partial charge in [-0.3, -0.25) is 0 Å². The number of carbonyl (C=O) groups is 2. The first-order valence-electron chi connectivity index (χ1n) is 11.8. The van der Waals surface area contributed by atoms with E-state index in [1.807, 2.05) is 48.5 Å². The molecule has 0 heterocycles. The Bertz CT molecular complexity index is 1120. The summed E-state index contributed by atoms with van der Waals surface area (Å²) in [7, 11) is 0. The molecule has 0 saturated carbocycles. The number of fused-ring (bicyclic) bond motifs is 1. The van der Waals surface area contributed by atoms with Crippen molar-refractivity contribution in [1.29, 1.82) is 0 Å². The van der Waals surface area contributed by atoms with E-state index in [9.17, 15) is 9.59 Å². The second-order valence-electron chi connectivity index (χ2n) is 7.60. The van der Waals surface area contributed by atoms with E-state index >= 15 is 0 Å². The van der Waals surface area contributed by atoms with Crippen LogP contribution in [0.15, 0.2) is 79.4 Å². The van der Waals surface area contributed by atoms with Gasteiger partial charge in [0.25, 0.3) is 0 Å². The molecule has 3 rings (SSSR count). The molecule has 1 N–H and O–H groups in total. The van der Waals surface area contributed by atoms with Crippen molar-refractivity contribution in [2.75, 3.05) is 46.2 Å². The van der Waals surface area contributed by atoms with Crippen molar-refractivity contribution in [3.8, 4) is 11.5 Å². The van der Waals surface area contributed by atoms with E-state index in [1.54, 1.807) is 6.07 Å². The second kappa shape index (κ2) is 15.2. The molecule has 8 nitrogen and oxygen atoms in total. The third-order valence-corrected chi connectivity index (χ3v) is 5.06. The summed E-state index contributed by atoms with van der Waals surface area (Å²) in [5.41, 5.74) is 1.21. The number of nitrogens with one attached hydrogen (secondary N) is 1. The maximum Gasteiger partial charge on any atom is 0.412 e. The number of hydrogen-bond donors (Lipinski definition) is 1. The van der Waals surface area contributed by atoms with Crippen LogP contribution in [0.3, 0.4) is 0 Å². The van der Waals surface area contributed by atoms with Gasteiger partial charge >= 0.3 is 12.1 Å². The van der Waals surface area contributed by atoms with Crippen LogP contribution in [0.5, 0.6) is 11.5 Å². The van der Waals surface area contributed by atoms with Crippen molar-refractivity contribution < 1.29 is 33.3 Å². The first-order valence-corrected chi connectivity index (χ1v) is 11.8. The summed E-state index contributed by atoms with van der Waals surface area (Å²) in [6.07, 6.45) is 1.33. The first kappa shape index (κ1) is 26.7. The molecule has 36 heavy (non-hydrogen) atoms. The lowest BCUT2D eigenvalue weighted by Crippen LogP contribution is -2.30. The first-order chi connectivity index (χ1) is 17.7. The Morgan fingerprint density at radius 2 is 1.39 bits per heavy atom. The van der Waals surface area contributed by atoms with Crippen LogP contribution in [0.25, 0.3) is 10.8 Å². The van der Waals surface area contributed by atoms with Crippen LogP contribution in [0.4, 0.5) is 4.79 Å². The highest BCUT2D eigenvalue weighted by atomic mass is 16.6. The zero-order chi connectivity index (χ0) is 25.4. The minimum absolute atomic E-state index is 0.160. The number of carbonyl (C=O) groups excluding carboxylic acids is 2. The summed E-state index contributed by atoms with van der Waals surface area (Å²) in [4.78, 5) is 23.1. The van der Waals surface area contributed by atoms with Crippen LogP contribution < -0.4 is 14.8 Å². The third-order valence-electron chi connectivity index (χ3n) is 5.06. The van der Waals surface area contributed by atoms with Gasteiger partial charge in [-0.1, -0.05) is 61.2 Å². The molecule has 0 unspecified atom stereocenters. The van der Waals surface area contributed by atoms with Gasteiger partial charge in [-0.05, 0) is 17.7 Å². The normalized spacial score (nSPS) is 10.6. The summed E-state index contributed by atoms with van der Waals surface area (Å²) in [6.45, 7) is 5.58. The van der Waals surface area contributed by atoms with E-state index < -0.39 is 12.1 Å². The average molecular weight is 494 g/mol. The van der Waals surface area contributed by atoms with Gasteiger partial charge < -0.3 is 29.0 Å². The summed E-state index contributed by atoms with van der Waals surface area (Å²) < 4.78 is 27.0. The van der Waals surface area contributed by atoms with Crippen molar-refractivity contribution in [1.82, 2.24) is 5.32 Å². The van der Waals surface area contributed by atoms with Gasteiger partial charge in [-0.15, -0.1) is 0 Å². The Morgan fingerprint density at radius 3 is 2.14 bits per heavy atom. The van der Waals surface area contributed by atoms with Crippen LogP contribution in [-0.2, 0) is 25.4 Å². The average Bonchev–Trinajstić information content (AvgIpc) is 2.91. The van der Waals surface area contributed by atoms with Crippen molar-refractivity contribution in [2.24, 2.45) is 0 Å². The van der Waals surface area contributed by atoms with Crippen LogP contribution in [-0.4, -0.2) is 58.2 Å². The van der Waals surface area contributed by atoms with Crippen LogP contribution in [0, 0.1) is 0 Å². The number of hydrogen-bond acceptors (Lipinski definition) is 7. The predicted octanol–water partition coefficient (Wildman–Crippen LogP) is 4.31. The molecule has 3 aromatic rings. The molecule has 0 atom stereocenters. The van der Waals surface area contributed by atoms with E-state index in [-0.39, 0.29) is 19.8 Å². The third kappa shape index (κ3) is 9.05. The highest BCUT2D eigenvalue weighted by Crippen LogP contribution is 2.33. The second-order valence-corrected chi connectivity index (χ2v) is 7.60. The summed E-state index contributed by atoms with van der Waals surface area (Å²) in [5.74, 6) is 0.706. The summed E-state index contributed by atoms with van der Waals surface area (Å²) in [6, 6.07) is 21.4. The molecule has 1 amide bonds. The molecule has 0 aliphatic heterocycles. The number of ether oxygens (including phenoxy) is 5. The van der Waals surface area contributed by atoms with Crippen molar-refractivity contribution in [3.05, 3.63) is 84.9 Å². The number of benzene rings is 3. The quantitative estimate of drug-likeness (QED) is 0.192. The fourth-order valence-electron chi connectivity index (χ4n) is 3.33. The Kier molecular flexibility index (Phi) is 11.3. The monoisotopic (exact) mass is 493 g/mol. The highest BCUT2D eigenvalue weighted by Gasteiger charge is 2.11. The summed E-state index contributed by atoms with van der Waals surface area (Å²) in [5, 5.41) is 4.33. The maximum absolute atomic E-state index is 12.3. The molecule has 0 bridgehead atoms. The number of amides is 1. The molecule has 8 heteroatoms. The smallest absolute Gasteiger partial charge is 0.412 e. The van der Waals surface area contributed by atoms with E-state index in [0.717, 1.165) is 29.0 Å². The van der Waals surface area contributed by atoms with E-state index in [2.05, 4.69) is 24.0 Å². The standard InChI is InChI=1S/C28H31NO7/c1-2-27(30)35-21-20-33-19-18-32-17-15-29-28(31)36-26-13-12-25(23-10-6-7-11-24(23)26)34-16-14-22-8-4-3-5-9-22/h2-13H,1,14-21H2,(H,29,31). The van der Waals surface area contributed by atoms with Gasteiger partial charge in [0, 0.05) is 29.8 Å². The van der Waals surface area contributed by atoms with Gasteiger partial charge in [0.1, 0.15) is 18.1 Å². The lowest BCUT2D eigenvalue weighted by atomic mass is 10.1. The zero-order valence-electron chi connectivity index (χ0n) is 20.1. The fourth-order valence-corrected chi connectivity index (χ4v) is 3.33. The molecule has 0 aromatic heterocycles. The highest BCUT2D eigenvalue weighted by molar-refractivity contribution is 5.94. The molecule has 0 spiro atoms. The lowest BCUT2D eigenvalue weighted by molar-refractivity contribution is -0.139.